The molecule has 2 rings (SSSR count). The van der Waals surface area contributed by atoms with E-state index in [9.17, 15) is 4.79 Å². The maximum Gasteiger partial charge on any atom is 0.260 e. The molecule has 4 nitrogen and oxygen atoms in total. The van der Waals surface area contributed by atoms with Gasteiger partial charge in [0.2, 0.25) is 0 Å². The van der Waals surface area contributed by atoms with E-state index in [-0.39, 0.29) is 18.3 Å². The van der Waals surface area contributed by atoms with Crippen molar-refractivity contribution in [2.75, 3.05) is 19.6 Å². The third kappa shape index (κ3) is 5.73. The Morgan fingerprint density at radius 2 is 2.29 bits per heavy atom. The molecule has 1 aromatic carbocycles. The minimum absolute atomic E-state index is 0. The number of hydrogen-bond acceptors (Lipinski definition) is 3. The first kappa shape index (κ1) is 18.1. The number of nitrogens with one attached hydrogen (secondary N) is 2. The van der Waals surface area contributed by atoms with Crippen LogP contribution in [0.15, 0.2) is 24.3 Å². The Balaban J connectivity index is 0.00000220. The number of carbonyl (C=O) groups is 1. The topological polar surface area (TPSA) is 50.4 Å². The summed E-state index contributed by atoms with van der Waals surface area (Å²) in [5.74, 6) is 1.11. The molecule has 0 saturated carbocycles. The van der Waals surface area contributed by atoms with Crippen LogP contribution in [0.1, 0.15) is 19.8 Å². The monoisotopic (exact) mass is 332 g/mol. The summed E-state index contributed by atoms with van der Waals surface area (Å²) >= 11 is 6.00. The van der Waals surface area contributed by atoms with E-state index in [2.05, 4.69) is 10.6 Å². The van der Waals surface area contributed by atoms with E-state index in [0.29, 0.717) is 23.2 Å². The Hall–Kier alpha value is -0.970. The summed E-state index contributed by atoms with van der Waals surface area (Å²) in [6, 6.07) is 7.17. The molecule has 118 valence electrons. The Bertz CT molecular complexity index is 451. The SMILES string of the molecule is CC(Oc1ccccc1Cl)C(=O)NCCC1CCNC1.Cl. The Labute approximate surface area is 137 Å². The van der Waals surface area contributed by atoms with Crippen molar-refractivity contribution in [3.8, 4) is 5.75 Å². The summed E-state index contributed by atoms with van der Waals surface area (Å²) in [4.78, 5) is 11.9. The minimum Gasteiger partial charge on any atom is -0.479 e. The second-order valence-electron chi connectivity index (χ2n) is 5.13. The smallest absolute Gasteiger partial charge is 0.260 e. The fraction of sp³-hybridized carbons (Fsp3) is 0.533. The van der Waals surface area contributed by atoms with Crippen molar-refractivity contribution in [3.63, 3.8) is 0 Å². The lowest BCUT2D eigenvalue weighted by molar-refractivity contribution is -0.127. The van der Waals surface area contributed by atoms with Crippen LogP contribution in [-0.2, 0) is 4.79 Å². The largest absolute Gasteiger partial charge is 0.479 e. The van der Waals surface area contributed by atoms with E-state index in [4.69, 9.17) is 16.3 Å². The van der Waals surface area contributed by atoms with E-state index >= 15 is 0 Å². The summed E-state index contributed by atoms with van der Waals surface area (Å²) in [5, 5.41) is 6.75. The van der Waals surface area contributed by atoms with Crippen molar-refractivity contribution in [2.45, 2.75) is 25.9 Å². The second kappa shape index (κ2) is 9.13. The first-order chi connectivity index (χ1) is 9.66. The molecule has 1 aromatic rings. The Kier molecular flexibility index (Phi) is 7.86. The summed E-state index contributed by atoms with van der Waals surface area (Å²) < 4.78 is 5.57. The fourth-order valence-electron chi connectivity index (χ4n) is 2.29. The van der Waals surface area contributed by atoms with Gasteiger partial charge in [-0.25, -0.2) is 0 Å². The van der Waals surface area contributed by atoms with Crippen LogP contribution < -0.4 is 15.4 Å². The molecule has 1 aliphatic rings. The van der Waals surface area contributed by atoms with Gasteiger partial charge in [0, 0.05) is 6.54 Å². The second-order valence-corrected chi connectivity index (χ2v) is 5.54. The molecular weight excluding hydrogens is 311 g/mol. The van der Waals surface area contributed by atoms with Gasteiger partial charge in [-0.15, -0.1) is 12.4 Å². The summed E-state index contributed by atoms with van der Waals surface area (Å²) in [6.45, 7) is 4.57. The highest BCUT2D eigenvalue weighted by Crippen LogP contribution is 2.24. The van der Waals surface area contributed by atoms with Gasteiger partial charge < -0.3 is 15.4 Å². The van der Waals surface area contributed by atoms with E-state index in [1.54, 1.807) is 19.1 Å². The number of para-hydroxylation sites is 1. The normalized spacial score (nSPS) is 18.7. The molecule has 0 aliphatic carbocycles. The van der Waals surface area contributed by atoms with Gasteiger partial charge in [-0.2, -0.15) is 0 Å². The molecule has 6 heteroatoms. The predicted octanol–water partition coefficient (Wildman–Crippen LogP) is 2.64. The summed E-state index contributed by atoms with van der Waals surface area (Å²) in [7, 11) is 0. The van der Waals surface area contributed by atoms with Crippen LogP contribution in [0, 0.1) is 5.92 Å². The zero-order valence-corrected chi connectivity index (χ0v) is 13.7. The number of benzene rings is 1. The van der Waals surface area contributed by atoms with Gasteiger partial charge in [-0.1, -0.05) is 23.7 Å². The third-order valence-electron chi connectivity index (χ3n) is 3.52. The average Bonchev–Trinajstić information content (AvgIpc) is 2.94. The van der Waals surface area contributed by atoms with Crippen LogP contribution in [0.5, 0.6) is 5.75 Å². The van der Waals surface area contributed by atoms with Gasteiger partial charge >= 0.3 is 0 Å². The highest BCUT2D eigenvalue weighted by Gasteiger charge is 2.17. The zero-order valence-electron chi connectivity index (χ0n) is 12.1. The maximum absolute atomic E-state index is 11.9. The molecule has 1 heterocycles. The molecule has 2 unspecified atom stereocenters. The summed E-state index contributed by atoms with van der Waals surface area (Å²) in [5.41, 5.74) is 0. The first-order valence-corrected chi connectivity index (χ1v) is 7.44. The number of carbonyl (C=O) groups excluding carboxylic acids is 1. The van der Waals surface area contributed by atoms with Gasteiger partial charge in [-0.05, 0) is 50.9 Å². The van der Waals surface area contributed by atoms with Crippen LogP contribution in [0.3, 0.4) is 0 Å². The van der Waals surface area contributed by atoms with Gasteiger partial charge in [0.15, 0.2) is 6.10 Å². The first-order valence-electron chi connectivity index (χ1n) is 7.06. The molecule has 2 N–H and O–H groups in total. The third-order valence-corrected chi connectivity index (χ3v) is 3.84. The quantitative estimate of drug-likeness (QED) is 0.841. The van der Waals surface area contributed by atoms with E-state index in [0.717, 1.165) is 19.5 Å². The Morgan fingerprint density at radius 3 is 2.95 bits per heavy atom. The van der Waals surface area contributed by atoms with Crippen LogP contribution >= 0.6 is 24.0 Å². The lowest BCUT2D eigenvalue weighted by atomic mass is 10.1. The molecule has 0 radical (unpaired) electrons. The fourth-order valence-corrected chi connectivity index (χ4v) is 2.47. The predicted molar refractivity (Wildman–Crippen MR) is 87.4 cm³/mol. The number of halogens is 2. The standard InChI is InChI=1S/C15H21ClN2O2.ClH/c1-11(20-14-5-3-2-4-13(14)16)15(19)18-9-7-12-6-8-17-10-12;/h2-5,11-12,17H,6-10H2,1H3,(H,18,19);1H. The minimum atomic E-state index is -0.545. The van der Waals surface area contributed by atoms with Crippen molar-refractivity contribution in [3.05, 3.63) is 29.3 Å². The molecule has 21 heavy (non-hydrogen) atoms. The van der Waals surface area contributed by atoms with Crippen molar-refractivity contribution < 1.29 is 9.53 Å². The number of hydrogen-bond donors (Lipinski definition) is 2. The molecule has 0 spiro atoms. The van der Waals surface area contributed by atoms with Crippen LogP contribution in [0.2, 0.25) is 5.02 Å². The van der Waals surface area contributed by atoms with Gasteiger partial charge in [-0.3, -0.25) is 4.79 Å². The molecular formula is C15H22Cl2N2O2. The highest BCUT2D eigenvalue weighted by atomic mass is 35.5. The lowest BCUT2D eigenvalue weighted by Crippen LogP contribution is -2.37. The van der Waals surface area contributed by atoms with Crippen molar-refractivity contribution >= 4 is 29.9 Å². The molecule has 1 saturated heterocycles. The van der Waals surface area contributed by atoms with Crippen molar-refractivity contribution in [1.82, 2.24) is 10.6 Å². The Morgan fingerprint density at radius 1 is 1.52 bits per heavy atom. The number of ether oxygens (including phenoxy) is 1. The van der Waals surface area contributed by atoms with Gasteiger partial charge in [0.05, 0.1) is 5.02 Å². The van der Waals surface area contributed by atoms with E-state index in [1.807, 2.05) is 12.1 Å². The van der Waals surface area contributed by atoms with Crippen LogP contribution in [0.4, 0.5) is 0 Å². The van der Waals surface area contributed by atoms with Gasteiger partial charge in [0.1, 0.15) is 5.75 Å². The molecule has 2 atom stereocenters. The van der Waals surface area contributed by atoms with Crippen LogP contribution in [-0.4, -0.2) is 31.6 Å². The zero-order chi connectivity index (χ0) is 14.4. The molecule has 1 amide bonds. The van der Waals surface area contributed by atoms with E-state index < -0.39 is 6.10 Å². The van der Waals surface area contributed by atoms with Crippen molar-refractivity contribution in [1.29, 1.82) is 0 Å². The lowest BCUT2D eigenvalue weighted by Gasteiger charge is -2.16. The molecule has 1 fully saturated rings. The van der Waals surface area contributed by atoms with Crippen molar-refractivity contribution in [2.24, 2.45) is 5.92 Å². The van der Waals surface area contributed by atoms with E-state index in [1.165, 1.54) is 6.42 Å². The maximum atomic E-state index is 11.9. The molecule has 0 aromatic heterocycles. The molecule has 1 aliphatic heterocycles. The van der Waals surface area contributed by atoms with Gasteiger partial charge in [0.25, 0.3) is 5.91 Å². The number of rotatable bonds is 6. The highest BCUT2D eigenvalue weighted by molar-refractivity contribution is 6.32. The number of amides is 1. The summed E-state index contributed by atoms with van der Waals surface area (Å²) in [6.07, 6.45) is 1.66. The average molecular weight is 333 g/mol. The molecule has 0 bridgehead atoms. The van der Waals surface area contributed by atoms with Crippen LogP contribution in [0.25, 0.3) is 0 Å².